The number of thiocarbonyl (C=S) groups is 1. The highest BCUT2D eigenvalue weighted by atomic mass is 32.1. The zero-order chi connectivity index (χ0) is 22.9. The minimum absolute atomic E-state index is 0.381. The summed E-state index contributed by atoms with van der Waals surface area (Å²) in [5.41, 5.74) is 3.89. The summed E-state index contributed by atoms with van der Waals surface area (Å²) in [5, 5.41) is 7.64. The van der Waals surface area contributed by atoms with Crippen LogP contribution >= 0.6 is 12.2 Å². The molecule has 2 aromatic carbocycles. The number of para-hydroxylation sites is 1. The Kier molecular flexibility index (Phi) is 8.55. The van der Waals surface area contributed by atoms with E-state index in [0.717, 1.165) is 22.2 Å². The van der Waals surface area contributed by atoms with Crippen LogP contribution in [-0.4, -0.2) is 55.7 Å². The molecule has 9 heteroatoms. The summed E-state index contributed by atoms with van der Waals surface area (Å²) in [5.74, 6) is 1.73. The first kappa shape index (κ1) is 23.6. The Balaban J connectivity index is 1.75. The van der Waals surface area contributed by atoms with Gasteiger partial charge in [-0.15, -0.1) is 0 Å². The zero-order valence-electron chi connectivity index (χ0n) is 18.7. The molecule has 0 bridgehead atoms. The number of nitrogens with one attached hydrogen (secondary N) is 2. The molecule has 0 aliphatic heterocycles. The maximum atomic E-state index is 5.83. The van der Waals surface area contributed by atoms with E-state index in [1.54, 1.807) is 14.2 Å². The molecule has 2 N–H and O–H groups in total. The molecule has 0 aliphatic rings. The van der Waals surface area contributed by atoms with Gasteiger partial charge in [-0.2, -0.15) is 0 Å². The summed E-state index contributed by atoms with van der Waals surface area (Å²) >= 11 is 5.53. The van der Waals surface area contributed by atoms with E-state index >= 15 is 0 Å². The van der Waals surface area contributed by atoms with Gasteiger partial charge in [-0.3, -0.25) is 0 Å². The van der Waals surface area contributed by atoms with Crippen LogP contribution in [0.5, 0.6) is 11.5 Å². The van der Waals surface area contributed by atoms with E-state index in [1.807, 2.05) is 44.2 Å². The van der Waals surface area contributed by atoms with Crippen molar-refractivity contribution < 1.29 is 18.9 Å². The smallest absolute Gasteiger partial charge is 0.176 e. The molecule has 0 amide bonds. The Morgan fingerprint density at radius 3 is 2.41 bits per heavy atom. The number of nitrogens with zero attached hydrogens (tertiary/aromatic N) is 2. The lowest BCUT2D eigenvalue weighted by Crippen LogP contribution is -2.21. The molecule has 0 saturated carbocycles. The van der Waals surface area contributed by atoms with Crippen molar-refractivity contribution >= 4 is 39.7 Å². The zero-order valence-corrected chi connectivity index (χ0v) is 19.5. The van der Waals surface area contributed by atoms with Gasteiger partial charge in [0, 0.05) is 24.2 Å². The second kappa shape index (κ2) is 11.6. The summed E-state index contributed by atoms with van der Waals surface area (Å²) in [6.07, 6.45) is 1.48. The third-order valence-electron chi connectivity index (χ3n) is 4.79. The van der Waals surface area contributed by atoms with Gasteiger partial charge >= 0.3 is 0 Å². The number of hydrogen-bond acceptors (Lipinski definition) is 7. The molecular formula is C23H28N4O4S. The fourth-order valence-corrected chi connectivity index (χ4v) is 3.35. The van der Waals surface area contributed by atoms with Crippen molar-refractivity contribution in [3.63, 3.8) is 0 Å². The van der Waals surface area contributed by atoms with Gasteiger partial charge in [0.2, 0.25) is 0 Å². The van der Waals surface area contributed by atoms with E-state index in [-0.39, 0.29) is 0 Å². The molecular weight excluding hydrogens is 428 g/mol. The molecule has 0 aliphatic carbocycles. The molecule has 0 spiro atoms. The van der Waals surface area contributed by atoms with Gasteiger partial charge in [0.25, 0.3) is 0 Å². The number of rotatable bonds is 10. The fourth-order valence-electron chi connectivity index (χ4n) is 3.15. The van der Waals surface area contributed by atoms with Crippen molar-refractivity contribution in [1.82, 2.24) is 9.97 Å². The molecule has 1 aromatic heterocycles. The normalized spacial score (nSPS) is 10.8. The van der Waals surface area contributed by atoms with Crippen molar-refractivity contribution in [2.24, 2.45) is 0 Å². The lowest BCUT2D eigenvalue weighted by atomic mass is 10.1. The predicted octanol–water partition coefficient (Wildman–Crippen LogP) is 4.11. The first-order valence-corrected chi connectivity index (χ1v) is 10.6. The van der Waals surface area contributed by atoms with E-state index in [4.69, 9.17) is 31.2 Å². The van der Waals surface area contributed by atoms with Crippen LogP contribution in [0, 0.1) is 13.8 Å². The van der Waals surface area contributed by atoms with Crippen molar-refractivity contribution in [3.05, 3.63) is 47.8 Å². The van der Waals surface area contributed by atoms with E-state index in [9.17, 15) is 0 Å². The fraction of sp³-hybridized carbons (Fsp3) is 0.348. The minimum Gasteiger partial charge on any atom is -0.493 e. The maximum absolute atomic E-state index is 5.83. The van der Waals surface area contributed by atoms with Gasteiger partial charge in [0.05, 0.1) is 32.4 Å². The van der Waals surface area contributed by atoms with Gasteiger partial charge in [-0.25, -0.2) is 9.97 Å². The maximum Gasteiger partial charge on any atom is 0.176 e. The Hall–Kier alpha value is -3.01. The van der Waals surface area contributed by atoms with Crippen LogP contribution in [0.15, 0.2) is 36.7 Å². The molecule has 3 rings (SSSR count). The Morgan fingerprint density at radius 2 is 1.69 bits per heavy atom. The molecule has 0 unspecified atom stereocenters. The molecule has 8 nitrogen and oxygen atoms in total. The third kappa shape index (κ3) is 6.03. The van der Waals surface area contributed by atoms with Crippen LogP contribution in [0.2, 0.25) is 0 Å². The van der Waals surface area contributed by atoms with Gasteiger partial charge in [-0.05, 0) is 43.3 Å². The topological polar surface area (TPSA) is 86.8 Å². The van der Waals surface area contributed by atoms with Crippen molar-refractivity contribution in [2.45, 2.75) is 13.8 Å². The Morgan fingerprint density at radius 1 is 0.938 bits per heavy atom. The lowest BCUT2D eigenvalue weighted by molar-refractivity contribution is 0.0540. The quantitative estimate of drug-likeness (QED) is 0.346. The summed E-state index contributed by atoms with van der Waals surface area (Å²) in [6, 6.07) is 9.74. The number of methoxy groups -OCH3 is 2. The number of aromatic nitrogens is 2. The monoisotopic (exact) mass is 456 g/mol. The molecule has 0 atom stereocenters. The van der Waals surface area contributed by atoms with Crippen LogP contribution in [0.4, 0.5) is 11.5 Å². The SMILES string of the molecule is COCCOCCOc1cc2ncnc(NC(=S)Nc3c(C)cccc3C)c2cc1OC. The first-order chi connectivity index (χ1) is 15.5. The highest BCUT2D eigenvalue weighted by molar-refractivity contribution is 7.80. The summed E-state index contributed by atoms with van der Waals surface area (Å²) < 4.78 is 21.7. The first-order valence-electron chi connectivity index (χ1n) is 10.2. The second-order valence-corrected chi connectivity index (χ2v) is 7.45. The highest BCUT2D eigenvalue weighted by Gasteiger charge is 2.13. The van der Waals surface area contributed by atoms with Gasteiger partial charge in [0.1, 0.15) is 18.8 Å². The predicted molar refractivity (Wildman–Crippen MR) is 130 cm³/mol. The Bertz CT molecular complexity index is 1060. The number of aryl methyl sites for hydroxylation is 2. The largest absolute Gasteiger partial charge is 0.493 e. The van der Waals surface area contributed by atoms with Crippen LogP contribution in [-0.2, 0) is 9.47 Å². The highest BCUT2D eigenvalue weighted by Crippen LogP contribution is 2.34. The van der Waals surface area contributed by atoms with Crippen LogP contribution in [0.3, 0.4) is 0 Å². The number of anilines is 2. The summed E-state index contributed by atoms with van der Waals surface area (Å²) in [4.78, 5) is 8.73. The van der Waals surface area contributed by atoms with Crippen molar-refractivity contribution in [3.8, 4) is 11.5 Å². The standard InChI is InChI=1S/C23H28N4O4S/c1-15-6-5-7-16(2)21(15)26-23(32)27-22-17-12-19(29-4)20(13-18(17)24-14-25-22)31-11-10-30-9-8-28-3/h5-7,12-14H,8-11H2,1-4H3,(H2,24,25,26,27,32). The summed E-state index contributed by atoms with van der Waals surface area (Å²) in [6.45, 7) is 5.96. The molecule has 170 valence electrons. The molecule has 0 fully saturated rings. The van der Waals surface area contributed by atoms with Crippen molar-refractivity contribution in [2.75, 3.05) is 51.3 Å². The van der Waals surface area contributed by atoms with Crippen LogP contribution < -0.4 is 20.1 Å². The molecule has 1 heterocycles. The molecule has 3 aromatic rings. The van der Waals surface area contributed by atoms with E-state index in [0.29, 0.717) is 54.4 Å². The third-order valence-corrected chi connectivity index (χ3v) is 4.99. The molecule has 0 saturated heterocycles. The molecule has 0 radical (unpaired) electrons. The number of hydrogen-bond donors (Lipinski definition) is 2. The van der Waals surface area contributed by atoms with Gasteiger partial charge in [0.15, 0.2) is 16.6 Å². The molecule has 32 heavy (non-hydrogen) atoms. The minimum atomic E-state index is 0.381. The number of ether oxygens (including phenoxy) is 4. The van der Waals surface area contributed by atoms with E-state index in [2.05, 4.69) is 20.6 Å². The lowest BCUT2D eigenvalue weighted by Gasteiger charge is -2.16. The van der Waals surface area contributed by atoms with E-state index in [1.165, 1.54) is 6.33 Å². The van der Waals surface area contributed by atoms with Crippen molar-refractivity contribution in [1.29, 1.82) is 0 Å². The van der Waals surface area contributed by atoms with Gasteiger partial charge < -0.3 is 29.6 Å². The Labute approximate surface area is 193 Å². The van der Waals surface area contributed by atoms with E-state index < -0.39 is 0 Å². The second-order valence-electron chi connectivity index (χ2n) is 7.04. The van der Waals surface area contributed by atoms with Gasteiger partial charge in [-0.1, -0.05) is 18.2 Å². The summed E-state index contributed by atoms with van der Waals surface area (Å²) in [7, 11) is 3.23. The van der Waals surface area contributed by atoms with Crippen LogP contribution in [0.25, 0.3) is 10.9 Å². The van der Waals surface area contributed by atoms with Crippen LogP contribution in [0.1, 0.15) is 11.1 Å². The average molecular weight is 457 g/mol. The average Bonchev–Trinajstić information content (AvgIpc) is 2.78. The number of benzene rings is 2. The number of fused-ring (bicyclic) bond motifs is 1.